The molecule has 1 aliphatic rings. The van der Waals surface area contributed by atoms with E-state index < -0.39 is 0 Å². The summed E-state index contributed by atoms with van der Waals surface area (Å²) >= 11 is 1.73. The summed E-state index contributed by atoms with van der Waals surface area (Å²) in [7, 11) is 0. The van der Waals surface area contributed by atoms with Gasteiger partial charge in [0.25, 0.3) is 0 Å². The van der Waals surface area contributed by atoms with Crippen LogP contribution in [0.3, 0.4) is 0 Å². The topological polar surface area (TPSA) is 28.2 Å². The van der Waals surface area contributed by atoms with Crippen LogP contribution in [0.4, 0.5) is 5.69 Å². The zero-order valence-corrected chi connectivity index (χ0v) is 13.3. The Morgan fingerprint density at radius 2 is 2.25 bits per heavy atom. The number of fused-ring (bicyclic) bond motifs is 1. The number of hydrogen-bond donors (Lipinski definition) is 1. The number of thiazole rings is 1. The van der Waals surface area contributed by atoms with Crippen LogP contribution in [0.1, 0.15) is 27.2 Å². The number of piperidine rings is 1. The lowest BCUT2D eigenvalue weighted by atomic mass is 9.86. The second-order valence-electron chi connectivity index (χ2n) is 5.75. The van der Waals surface area contributed by atoms with Crippen molar-refractivity contribution in [3.8, 4) is 0 Å². The van der Waals surface area contributed by atoms with Crippen molar-refractivity contribution in [1.82, 2.24) is 10.3 Å². The molecule has 3 unspecified atom stereocenters. The summed E-state index contributed by atoms with van der Waals surface area (Å²) in [6, 6.07) is 7.88. The molecule has 0 radical (unpaired) electrons. The molecule has 1 aromatic heterocycles. The molecule has 0 amide bonds. The fourth-order valence-corrected chi connectivity index (χ4v) is 4.01. The number of nitrogens with zero attached hydrogens (tertiary/aromatic N) is 2. The Morgan fingerprint density at radius 3 is 3.05 bits per heavy atom. The van der Waals surface area contributed by atoms with Crippen LogP contribution < -0.4 is 10.2 Å². The predicted molar refractivity (Wildman–Crippen MR) is 87.7 cm³/mol. The van der Waals surface area contributed by atoms with E-state index in [4.69, 9.17) is 0 Å². The van der Waals surface area contributed by atoms with Gasteiger partial charge in [-0.05, 0) is 44.0 Å². The van der Waals surface area contributed by atoms with Gasteiger partial charge in [-0.1, -0.05) is 13.8 Å². The lowest BCUT2D eigenvalue weighted by Gasteiger charge is -2.44. The number of nitrogens with one attached hydrogen (secondary N) is 1. The summed E-state index contributed by atoms with van der Waals surface area (Å²) in [4.78, 5) is 6.92. The maximum absolute atomic E-state index is 4.37. The van der Waals surface area contributed by atoms with E-state index in [0.29, 0.717) is 18.0 Å². The maximum Gasteiger partial charge on any atom is 0.0813 e. The van der Waals surface area contributed by atoms with Gasteiger partial charge < -0.3 is 10.2 Å². The molecule has 3 nitrogen and oxygen atoms in total. The van der Waals surface area contributed by atoms with E-state index in [0.717, 1.165) is 18.6 Å². The van der Waals surface area contributed by atoms with Crippen molar-refractivity contribution < 1.29 is 0 Å². The van der Waals surface area contributed by atoms with Crippen LogP contribution in [0.5, 0.6) is 0 Å². The van der Waals surface area contributed by atoms with E-state index in [2.05, 4.69) is 54.2 Å². The minimum absolute atomic E-state index is 0.568. The molecule has 4 heteroatoms. The molecule has 20 heavy (non-hydrogen) atoms. The van der Waals surface area contributed by atoms with Gasteiger partial charge in [0, 0.05) is 24.3 Å². The highest BCUT2D eigenvalue weighted by Crippen LogP contribution is 2.31. The number of rotatable bonds is 3. The van der Waals surface area contributed by atoms with Gasteiger partial charge in [-0.25, -0.2) is 4.98 Å². The zero-order valence-electron chi connectivity index (χ0n) is 12.5. The van der Waals surface area contributed by atoms with E-state index in [1.165, 1.54) is 16.8 Å². The molecule has 1 N–H and O–H groups in total. The molecule has 0 saturated carbocycles. The van der Waals surface area contributed by atoms with Gasteiger partial charge >= 0.3 is 0 Å². The van der Waals surface area contributed by atoms with Crippen LogP contribution in [0.15, 0.2) is 23.7 Å². The molecule has 1 fully saturated rings. The van der Waals surface area contributed by atoms with E-state index in [9.17, 15) is 0 Å². The standard InChI is InChI=1S/C16H23N3S/c1-4-17-14-7-8-19(12(3)11(14)2)13-5-6-15-16(9-13)20-10-18-15/h5-6,9-12,14,17H,4,7-8H2,1-3H3. The monoisotopic (exact) mass is 289 g/mol. The molecule has 3 atom stereocenters. The van der Waals surface area contributed by atoms with Crippen molar-refractivity contribution in [3.63, 3.8) is 0 Å². The summed E-state index contributed by atoms with van der Waals surface area (Å²) in [5, 5.41) is 3.63. The second kappa shape index (κ2) is 5.70. The van der Waals surface area contributed by atoms with E-state index in [1.807, 2.05) is 5.51 Å². The molecule has 0 aliphatic carbocycles. The normalized spacial score (nSPS) is 27.1. The fraction of sp³-hybridized carbons (Fsp3) is 0.562. The SMILES string of the molecule is CCNC1CCN(c2ccc3ncsc3c2)C(C)C1C. The van der Waals surface area contributed by atoms with Gasteiger partial charge in [-0.15, -0.1) is 11.3 Å². The number of anilines is 1. The second-order valence-corrected chi connectivity index (χ2v) is 6.64. The molecule has 2 heterocycles. The van der Waals surface area contributed by atoms with Gasteiger partial charge in [-0.2, -0.15) is 0 Å². The van der Waals surface area contributed by atoms with Gasteiger partial charge in [0.05, 0.1) is 15.7 Å². The van der Waals surface area contributed by atoms with Crippen LogP contribution in [0.25, 0.3) is 10.2 Å². The number of aromatic nitrogens is 1. The highest BCUT2D eigenvalue weighted by atomic mass is 32.1. The first-order valence-electron chi connectivity index (χ1n) is 7.54. The Bertz CT molecular complexity index is 580. The summed E-state index contributed by atoms with van der Waals surface area (Å²) in [6.07, 6.45) is 1.22. The highest BCUT2D eigenvalue weighted by Gasteiger charge is 2.32. The van der Waals surface area contributed by atoms with Crippen LogP contribution in [-0.4, -0.2) is 30.2 Å². The van der Waals surface area contributed by atoms with Gasteiger partial charge in [-0.3, -0.25) is 0 Å². The van der Waals surface area contributed by atoms with Crippen LogP contribution >= 0.6 is 11.3 Å². The van der Waals surface area contributed by atoms with Crippen molar-refractivity contribution in [1.29, 1.82) is 0 Å². The highest BCUT2D eigenvalue weighted by molar-refractivity contribution is 7.16. The smallest absolute Gasteiger partial charge is 0.0813 e. The molecule has 3 rings (SSSR count). The zero-order chi connectivity index (χ0) is 14.1. The average Bonchev–Trinajstić information content (AvgIpc) is 2.91. The summed E-state index contributed by atoms with van der Waals surface area (Å²) in [6.45, 7) is 9.12. The molecule has 108 valence electrons. The van der Waals surface area contributed by atoms with E-state index in [1.54, 1.807) is 11.3 Å². The molecular formula is C16H23N3S. The third-order valence-electron chi connectivity index (χ3n) is 4.68. The molecule has 0 bridgehead atoms. The van der Waals surface area contributed by atoms with Crippen molar-refractivity contribution in [2.75, 3.05) is 18.0 Å². The lowest BCUT2D eigenvalue weighted by molar-refractivity contribution is 0.274. The Kier molecular flexibility index (Phi) is 3.94. The Balaban J connectivity index is 1.83. The molecule has 1 saturated heterocycles. The average molecular weight is 289 g/mol. The summed E-state index contributed by atoms with van der Waals surface area (Å²) in [5.41, 5.74) is 4.38. The largest absolute Gasteiger partial charge is 0.368 e. The van der Waals surface area contributed by atoms with Crippen molar-refractivity contribution >= 4 is 27.2 Å². The first-order chi connectivity index (χ1) is 9.70. The van der Waals surface area contributed by atoms with Gasteiger partial charge in [0.15, 0.2) is 0 Å². The third kappa shape index (κ3) is 2.42. The van der Waals surface area contributed by atoms with Crippen LogP contribution in [0.2, 0.25) is 0 Å². The van der Waals surface area contributed by atoms with Crippen molar-refractivity contribution in [3.05, 3.63) is 23.7 Å². The minimum Gasteiger partial charge on any atom is -0.368 e. The first kappa shape index (κ1) is 13.8. The van der Waals surface area contributed by atoms with E-state index in [-0.39, 0.29) is 0 Å². The number of hydrogen-bond acceptors (Lipinski definition) is 4. The summed E-state index contributed by atoms with van der Waals surface area (Å²) in [5.74, 6) is 0.667. The minimum atomic E-state index is 0.568. The van der Waals surface area contributed by atoms with Crippen molar-refractivity contribution in [2.45, 2.75) is 39.3 Å². The Hall–Kier alpha value is -1.13. The van der Waals surface area contributed by atoms with Gasteiger partial charge in [0.2, 0.25) is 0 Å². The maximum atomic E-state index is 4.37. The van der Waals surface area contributed by atoms with Gasteiger partial charge in [0.1, 0.15) is 0 Å². The van der Waals surface area contributed by atoms with Crippen LogP contribution in [-0.2, 0) is 0 Å². The molecular weight excluding hydrogens is 266 g/mol. The van der Waals surface area contributed by atoms with Crippen LogP contribution in [0, 0.1) is 5.92 Å². The Morgan fingerprint density at radius 1 is 1.40 bits per heavy atom. The van der Waals surface area contributed by atoms with Crippen molar-refractivity contribution in [2.24, 2.45) is 5.92 Å². The molecule has 1 aliphatic heterocycles. The Labute approximate surface area is 125 Å². The molecule has 1 aromatic carbocycles. The first-order valence-corrected chi connectivity index (χ1v) is 8.42. The predicted octanol–water partition coefficient (Wildman–Crippen LogP) is 3.51. The fourth-order valence-electron chi connectivity index (χ4n) is 3.30. The third-order valence-corrected chi connectivity index (χ3v) is 5.47. The summed E-state index contributed by atoms with van der Waals surface area (Å²) < 4.78 is 1.29. The lowest BCUT2D eigenvalue weighted by Crippen LogP contribution is -2.53. The molecule has 2 aromatic rings. The number of benzene rings is 1. The van der Waals surface area contributed by atoms with E-state index >= 15 is 0 Å². The molecule has 0 spiro atoms. The quantitative estimate of drug-likeness (QED) is 0.937.